The van der Waals surface area contributed by atoms with E-state index in [1.54, 1.807) is 30.2 Å². The number of fused-ring (bicyclic) bond motifs is 3. The Balaban J connectivity index is 1.65. The minimum absolute atomic E-state index is 0.119. The third-order valence-corrected chi connectivity index (χ3v) is 6.29. The van der Waals surface area contributed by atoms with E-state index in [0.717, 1.165) is 34.7 Å². The van der Waals surface area contributed by atoms with Gasteiger partial charge in [0.25, 0.3) is 5.91 Å². The van der Waals surface area contributed by atoms with E-state index in [2.05, 4.69) is 11.4 Å². The fraction of sp³-hybridized carbons (Fsp3) is 0.200. The molecule has 0 unspecified atom stereocenters. The van der Waals surface area contributed by atoms with Gasteiger partial charge in [-0.3, -0.25) is 10.1 Å². The summed E-state index contributed by atoms with van der Waals surface area (Å²) in [6, 6.07) is 13.7. The van der Waals surface area contributed by atoms with E-state index >= 15 is 0 Å². The van der Waals surface area contributed by atoms with Gasteiger partial charge < -0.3 is 4.74 Å². The Hall–Kier alpha value is -2.31. The first kappa shape index (κ1) is 17.1. The number of thioether (sulfide) groups is 1. The Labute approximate surface area is 160 Å². The highest BCUT2D eigenvalue weighted by atomic mass is 32.2. The molecule has 3 aromatic rings. The monoisotopic (exact) mass is 382 g/mol. The van der Waals surface area contributed by atoms with E-state index in [0.29, 0.717) is 10.7 Å². The van der Waals surface area contributed by atoms with Gasteiger partial charge in [-0.15, -0.1) is 23.1 Å². The predicted molar refractivity (Wildman–Crippen MR) is 108 cm³/mol. The van der Waals surface area contributed by atoms with Gasteiger partial charge in [0.05, 0.1) is 18.4 Å². The summed E-state index contributed by atoms with van der Waals surface area (Å²) < 4.78 is 5.35. The van der Waals surface area contributed by atoms with E-state index < -0.39 is 0 Å². The summed E-state index contributed by atoms with van der Waals surface area (Å²) >= 11 is 3.12. The molecule has 0 saturated carbocycles. The Kier molecular flexibility index (Phi) is 4.70. The first-order chi connectivity index (χ1) is 12.7. The maximum atomic E-state index is 12.7. The quantitative estimate of drug-likeness (QED) is 0.653. The van der Waals surface area contributed by atoms with Gasteiger partial charge in [0.2, 0.25) is 0 Å². The third kappa shape index (κ3) is 3.10. The molecule has 0 fully saturated rings. The molecule has 132 valence electrons. The van der Waals surface area contributed by atoms with Gasteiger partial charge in [-0.2, -0.15) is 0 Å². The second-order valence-electron chi connectivity index (χ2n) is 5.97. The van der Waals surface area contributed by atoms with Crippen LogP contribution in [0.3, 0.4) is 0 Å². The van der Waals surface area contributed by atoms with Gasteiger partial charge in [-0.05, 0) is 48.9 Å². The molecule has 1 N–H and O–H groups in total. The molecule has 4 rings (SSSR count). The average Bonchev–Trinajstić information content (AvgIpc) is 3.10. The zero-order chi connectivity index (χ0) is 18.1. The molecule has 1 amide bonds. The van der Waals surface area contributed by atoms with Crippen LogP contribution in [0.5, 0.6) is 5.75 Å². The van der Waals surface area contributed by atoms with Crippen LogP contribution in [0.2, 0.25) is 0 Å². The van der Waals surface area contributed by atoms with Gasteiger partial charge in [0, 0.05) is 15.3 Å². The fourth-order valence-corrected chi connectivity index (χ4v) is 4.72. The summed E-state index contributed by atoms with van der Waals surface area (Å²) in [4.78, 5) is 19.6. The largest absolute Gasteiger partial charge is 0.497 e. The topological polar surface area (TPSA) is 51.2 Å². The van der Waals surface area contributed by atoms with Crippen LogP contribution in [0, 0.1) is 0 Å². The van der Waals surface area contributed by atoms with Crippen molar-refractivity contribution in [2.24, 2.45) is 0 Å². The minimum atomic E-state index is -0.119. The number of nitrogens with one attached hydrogen (secondary N) is 1. The molecule has 0 bridgehead atoms. The highest BCUT2D eigenvalue weighted by Gasteiger charge is 2.22. The number of ether oxygens (including phenoxy) is 1. The number of carbonyl (C=O) groups is 1. The molecular weight excluding hydrogens is 364 g/mol. The maximum Gasteiger partial charge on any atom is 0.258 e. The lowest BCUT2D eigenvalue weighted by Gasteiger charge is -2.15. The summed E-state index contributed by atoms with van der Waals surface area (Å²) in [6.45, 7) is 0. The van der Waals surface area contributed by atoms with Crippen molar-refractivity contribution in [2.75, 3.05) is 18.7 Å². The molecule has 2 aromatic carbocycles. The number of carbonyl (C=O) groups excluding carboxylic acids is 1. The first-order valence-electron chi connectivity index (χ1n) is 8.31. The molecule has 1 aromatic heterocycles. The van der Waals surface area contributed by atoms with Crippen molar-refractivity contribution in [3.8, 4) is 17.0 Å². The molecule has 0 spiro atoms. The number of benzene rings is 2. The van der Waals surface area contributed by atoms with E-state index in [4.69, 9.17) is 9.72 Å². The van der Waals surface area contributed by atoms with Crippen molar-refractivity contribution in [3.05, 3.63) is 58.5 Å². The van der Waals surface area contributed by atoms with E-state index in [-0.39, 0.29) is 5.91 Å². The number of anilines is 1. The highest BCUT2D eigenvalue weighted by molar-refractivity contribution is 7.98. The average molecular weight is 383 g/mol. The van der Waals surface area contributed by atoms with Crippen LogP contribution in [0.15, 0.2) is 47.4 Å². The van der Waals surface area contributed by atoms with E-state index in [1.165, 1.54) is 10.4 Å². The summed E-state index contributed by atoms with van der Waals surface area (Å²) in [7, 11) is 1.67. The number of aromatic nitrogens is 1. The number of nitrogens with zero attached hydrogens (tertiary/aromatic N) is 1. The Morgan fingerprint density at radius 3 is 2.88 bits per heavy atom. The van der Waals surface area contributed by atoms with Crippen molar-refractivity contribution in [1.29, 1.82) is 0 Å². The SMILES string of the molecule is COc1ccc2c(c1)-c1nc(NC(=O)c3ccccc3SC)sc1CC2. The minimum Gasteiger partial charge on any atom is -0.497 e. The van der Waals surface area contributed by atoms with Crippen LogP contribution in [0.4, 0.5) is 5.13 Å². The first-order valence-corrected chi connectivity index (χ1v) is 10.3. The smallest absolute Gasteiger partial charge is 0.258 e. The molecule has 1 aliphatic rings. The van der Waals surface area contributed by atoms with Crippen molar-refractivity contribution in [2.45, 2.75) is 17.7 Å². The van der Waals surface area contributed by atoms with E-state index in [1.807, 2.05) is 42.7 Å². The molecular formula is C20H18N2O2S2. The molecule has 26 heavy (non-hydrogen) atoms. The normalized spacial score (nSPS) is 12.2. The number of methoxy groups -OCH3 is 1. The number of hydrogen-bond donors (Lipinski definition) is 1. The number of rotatable bonds is 4. The van der Waals surface area contributed by atoms with E-state index in [9.17, 15) is 4.79 Å². The van der Waals surface area contributed by atoms with Gasteiger partial charge >= 0.3 is 0 Å². The Morgan fingerprint density at radius 1 is 1.23 bits per heavy atom. The standard InChI is InChI=1S/C20H18N2O2S2/c1-24-13-9-7-12-8-10-17-18(15(12)11-13)21-20(26-17)22-19(23)14-5-3-4-6-16(14)25-2/h3-7,9,11H,8,10H2,1-2H3,(H,21,22,23). The van der Waals surface area contributed by atoms with Gasteiger partial charge in [-0.1, -0.05) is 18.2 Å². The Morgan fingerprint density at radius 2 is 2.08 bits per heavy atom. The van der Waals surface area contributed by atoms with Gasteiger partial charge in [-0.25, -0.2) is 4.98 Å². The molecule has 1 heterocycles. The summed E-state index contributed by atoms with van der Waals surface area (Å²) in [5.74, 6) is 0.705. The number of aryl methyl sites for hydroxylation is 2. The van der Waals surface area contributed by atoms with Crippen molar-refractivity contribution >= 4 is 34.1 Å². The van der Waals surface area contributed by atoms with Crippen LogP contribution in [-0.4, -0.2) is 24.3 Å². The molecule has 6 heteroatoms. The summed E-state index contributed by atoms with van der Waals surface area (Å²) in [6.07, 6.45) is 3.90. The van der Waals surface area contributed by atoms with Crippen LogP contribution >= 0.6 is 23.1 Å². The second kappa shape index (κ2) is 7.13. The van der Waals surface area contributed by atoms with Gasteiger partial charge in [0.1, 0.15) is 5.75 Å². The third-order valence-electron chi connectivity index (χ3n) is 4.46. The number of thiazole rings is 1. The molecule has 0 atom stereocenters. The summed E-state index contributed by atoms with van der Waals surface area (Å²) in [5.41, 5.74) is 4.01. The van der Waals surface area contributed by atoms with Crippen LogP contribution in [0.1, 0.15) is 20.8 Å². The lowest BCUT2D eigenvalue weighted by Crippen LogP contribution is -2.12. The molecule has 0 radical (unpaired) electrons. The van der Waals surface area contributed by atoms with Gasteiger partial charge in [0.15, 0.2) is 5.13 Å². The van der Waals surface area contributed by atoms with Crippen molar-refractivity contribution in [3.63, 3.8) is 0 Å². The zero-order valence-electron chi connectivity index (χ0n) is 14.5. The molecule has 4 nitrogen and oxygen atoms in total. The lowest BCUT2D eigenvalue weighted by molar-refractivity contribution is 0.102. The molecule has 1 aliphatic carbocycles. The highest BCUT2D eigenvalue weighted by Crippen LogP contribution is 2.39. The van der Waals surface area contributed by atoms with Crippen LogP contribution in [0.25, 0.3) is 11.3 Å². The summed E-state index contributed by atoms with van der Waals surface area (Å²) in [5, 5.41) is 3.62. The number of amides is 1. The van der Waals surface area contributed by atoms with Crippen molar-refractivity contribution < 1.29 is 9.53 Å². The molecule has 0 saturated heterocycles. The zero-order valence-corrected chi connectivity index (χ0v) is 16.2. The number of hydrogen-bond acceptors (Lipinski definition) is 5. The molecule has 0 aliphatic heterocycles. The fourth-order valence-electron chi connectivity index (χ4n) is 3.15. The predicted octanol–water partition coefficient (Wildman–Crippen LogP) is 4.89. The van der Waals surface area contributed by atoms with Crippen LogP contribution < -0.4 is 10.1 Å². The lowest BCUT2D eigenvalue weighted by atomic mass is 9.93. The second-order valence-corrected chi connectivity index (χ2v) is 7.90. The van der Waals surface area contributed by atoms with Crippen LogP contribution in [-0.2, 0) is 12.8 Å². The maximum absolute atomic E-state index is 12.7. The van der Waals surface area contributed by atoms with Crippen molar-refractivity contribution in [1.82, 2.24) is 4.98 Å². The Bertz CT molecular complexity index is 982.